The molecule has 1 unspecified atom stereocenters. The molecule has 1 aliphatic heterocycles. The van der Waals surface area contributed by atoms with Crippen LogP contribution in [0.15, 0.2) is 12.1 Å². The van der Waals surface area contributed by atoms with Crippen LogP contribution in [0.2, 0.25) is 0 Å². The van der Waals surface area contributed by atoms with E-state index in [0.29, 0.717) is 11.7 Å². The molecule has 2 N–H and O–H groups in total. The summed E-state index contributed by atoms with van der Waals surface area (Å²) >= 11 is 0. The van der Waals surface area contributed by atoms with Crippen molar-refractivity contribution in [2.24, 2.45) is 0 Å². The van der Waals surface area contributed by atoms with Crippen LogP contribution in [0, 0.1) is 0 Å². The van der Waals surface area contributed by atoms with Gasteiger partial charge in [0.2, 0.25) is 0 Å². The summed E-state index contributed by atoms with van der Waals surface area (Å²) in [5.74, 6) is 0.800. The Morgan fingerprint density at radius 1 is 1.50 bits per heavy atom. The maximum atomic E-state index is 4.24. The summed E-state index contributed by atoms with van der Waals surface area (Å²) in [5, 5.41) is 22.0. The topological polar surface area (TPSA) is 80.0 Å². The highest BCUT2D eigenvalue weighted by Crippen LogP contribution is 2.07. The molecule has 0 bridgehead atoms. The molecule has 7 nitrogen and oxygen atoms in total. The minimum atomic E-state index is 0.548. The fourth-order valence-electron chi connectivity index (χ4n) is 1.90. The average molecular weight is 219 g/mol. The predicted octanol–water partition coefficient (Wildman–Crippen LogP) is -0.317. The monoisotopic (exact) mass is 219 g/mol. The zero-order valence-corrected chi connectivity index (χ0v) is 8.80. The van der Waals surface area contributed by atoms with Gasteiger partial charge in [0.05, 0.1) is 0 Å². The van der Waals surface area contributed by atoms with E-state index in [4.69, 9.17) is 0 Å². The van der Waals surface area contributed by atoms with Crippen LogP contribution in [-0.2, 0) is 0 Å². The van der Waals surface area contributed by atoms with Gasteiger partial charge in [0.25, 0.3) is 0 Å². The maximum Gasteiger partial charge on any atom is 0.200 e. The molecule has 3 heterocycles. The summed E-state index contributed by atoms with van der Waals surface area (Å²) < 4.78 is 1.42. The van der Waals surface area contributed by atoms with E-state index in [0.717, 1.165) is 18.9 Å². The van der Waals surface area contributed by atoms with Gasteiger partial charge in [-0.1, -0.05) is 0 Å². The van der Waals surface area contributed by atoms with Gasteiger partial charge in [0.1, 0.15) is 5.82 Å². The molecule has 2 aromatic heterocycles. The molecule has 0 aliphatic carbocycles. The van der Waals surface area contributed by atoms with Crippen molar-refractivity contribution in [3.05, 3.63) is 12.1 Å². The first kappa shape index (κ1) is 9.46. The number of fused-ring (bicyclic) bond motifs is 1. The van der Waals surface area contributed by atoms with Crippen LogP contribution in [0.25, 0.3) is 5.65 Å². The van der Waals surface area contributed by atoms with Crippen LogP contribution in [-0.4, -0.2) is 44.4 Å². The maximum absolute atomic E-state index is 4.24. The Morgan fingerprint density at radius 2 is 2.50 bits per heavy atom. The van der Waals surface area contributed by atoms with Gasteiger partial charge in [-0.3, -0.25) is 0 Å². The number of hydrogen-bond acceptors (Lipinski definition) is 6. The van der Waals surface area contributed by atoms with Crippen LogP contribution < -0.4 is 10.6 Å². The minimum absolute atomic E-state index is 0.548. The molecular formula is C9H13N7. The Morgan fingerprint density at radius 3 is 3.38 bits per heavy atom. The quantitative estimate of drug-likeness (QED) is 0.736. The standard InChI is InChI=1S/C9H13N7/c1-2-7(10-5-1)6-11-8-3-4-9-12-14-15-16(9)13-8/h3-4,7,10H,1-2,5-6H2,(H,11,13). The van der Waals surface area contributed by atoms with Crippen molar-refractivity contribution >= 4 is 11.5 Å². The summed E-state index contributed by atoms with van der Waals surface area (Å²) in [6.45, 7) is 2.01. The van der Waals surface area contributed by atoms with Crippen LogP contribution in [0.5, 0.6) is 0 Å². The van der Waals surface area contributed by atoms with Crippen molar-refractivity contribution in [2.75, 3.05) is 18.4 Å². The molecular weight excluding hydrogens is 206 g/mol. The number of aromatic nitrogens is 5. The van der Waals surface area contributed by atoms with Crippen molar-refractivity contribution < 1.29 is 0 Å². The Bertz CT molecular complexity index is 473. The molecule has 84 valence electrons. The Balaban J connectivity index is 1.68. The summed E-state index contributed by atoms with van der Waals surface area (Å²) in [6.07, 6.45) is 2.48. The molecule has 0 spiro atoms. The predicted molar refractivity (Wildman–Crippen MR) is 58.1 cm³/mol. The number of rotatable bonds is 3. The van der Waals surface area contributed by atoms with Crippen molar-refractivity contribution in [2.45, 2.75) is 18.9 Å². The van der Waals surface area contributed by atoms with Gasteiger partial charge in [-0.15, -0.1) is 14.8 Å². The zero-order valence-electron chi connectivity index (χ0n) is 8.80. The van der Waals surface area contributed by atoms with Crippen LogP contribution >= 0.6 is 0 Å². The van der Waals surface area contributed by atoms with Gasteiger partial charge < -0.3 is 10.6 Å². The lowest BCUT2D eigenvalue weighted by Crippen LogP contribution is -2.29. The minimum Gasteiger partial charge on any atom is -0.367 e. The van der Waals surface area contributed by atoms with Crippen molar-refractivity contribution in [1.82, 2.24) is 30.6 Å². The first-order valence-corrected chi connectivity index (χ1v) is 5.44. The zero-order chi connectivity index (χ0) is 10.8. The Kier molecular flexibility index (Phi) is 2.37. The molecule has 16 heavy (non-hydrogen) atoms. The Labute approximate surface area is 92.2 Å². The van der Waals surface area contributed by atoms with Gasteiger partial charge in [-0.05, 0) is 41.9 Å². The van der Waals surface area contributed by atoms with E-state index in [-0.39, 0.29) is 0 Å². The highest BCUT2D eigenvalue weighted by Gasteiger charge is 2.13. The van der Waals surface area contributed by atoms with E-state index in [2.05, 4.69) is 31.3 Å². The first-order chi connectivity index (χ1) is 7.92. The summed E-state index contributed by atoms with van der Waals surface area (Å²) in [4.78, 5) is 0. The number of tetrazole rings is 1. The summed E-state index contributed by atoms with van der Waals surface area (Å²) in [6, 6.07) is 4.28. The second-order valence-electron chi connectivity index (χ2n) is 3.92. The molecule has 0 aromatic carbocycles. The van der Waals surface area contributed by atoms with Gasteiger partial charge in [0, 0.05) is 12.6 Å². The van der Waals surface area contributed by atoms with Gasteiger partial charge in [-0.2, -0.15) is 0 Å². The fourth-order valence-corrected chi connectivity index (χ4v) is 1.90. The van der Waals surface area contributed by atoms with E-state index in [1.165, 1.54) is 17.5 Å². The number of nitrogens with zero attached hydrogens (tertiary/aromatic N) is 5. The molecule has 1 aliphatic rings. The summed E-state index contributed by atoms with van der Waals surface area (Å²) in [7, 11) is 0. The molecule has 0 amide bonds. The highest BCUT2D eigenvalue weighted by molar-refractivity contribution is 5.42. The van der Waals surface area contributed by atoms with Crippen molar-refractivity contribution in [3.8, 4) is 0 Å². The molecule has 1 saturated heterocycles. The lowest BCUT2D eigenvalue weighted by Gasteiger charge is -2.11. The van der Waals surface area contributed by atoms with Crippen LogP contribution in [0.3, 0.4) is 0 Å². The number of nitrogens with one attached hydrogen (secondary N) is 2. The van der Waals surface area contributed by atoms with E-state index in [9.17, 15) is 0 Å². The fraction of sp³-hybridized carbons (Fsp3) is 0.556. The lowest BCUT2D eigenvalue weighted by molar-refractivity contribution is 0.630. The number of anilines is 1. The molecule has 1 fully saturated rings. The third-order valence-corrected chi connectivity index (χ3v) is 2.76. The van der Waals surface area contributed by atoms with Crippen molar-refractivity contribution in [3.63, 3.8) is 0 Å². The van der Waals surface area contributed by atoms with Crippen molar-refractivity contribution in [1.29, 1.82) is 0 Å². The van der Waals surface area contributed by atoms with E-state index in [1.807, 2.05) is 12.1 Å². The second kappa shape index (κ2) is 4.01. The van der Waals surface area contributed by atoms with Crippen LogP contribution in [0.1, 0.15) is 12.8 Å². The lowest BCUT2D eigenvalue weighted by atomic mass is 10.2. The first-order valence-electron chi connectivity index (χ1n) is 5.44. The molecule has 0 saturated carbocycles. The van der Waals surface area contributed by atoms with Gasteiger partial charge in [0.15, 0.2) is 5.65 Å². The van der Waals surface area contributed by atoms with Crippen LogP contribution in [0.4, 0.5) is 5.82 Å². The normalized spacial score (nSPS) is 20.4. The molecule has 2 aromatic rings. The van der Waals surface area contributed by atoms with Gasteiger partial charge >= 0.3 is 0 Å². The molecule has 0 radical (unpaired) electrons. The third-order valence-electron chi connectivity index (χ3n) is 2.76. The third kappa shape index (κ3) is 1.81. The summed E-state index contributed by atoms with van der Waals surface area (Å²) in [5.41, 5.74) is 0.657. The second-order valence-corrected chi connectivity index (χ2v) is 3.92. The SMILES string of the molecule is c1cc2nnnn2nc1NCC1CCCN1. The molecule has 7 heteroatoms. The average Bonchev–Trinajstić information content (AvgIpc) is 2.97. The molecule has 1 atom stereocenters. The van der Waals surface area contributed by atoms with E-state index in [1.54, 1.807) is 0 Å². The Hall–Kier alpha value is -1.76. The highest BCUT2D eigenvalue weighted by atomic mass is 15.6. The van der Waals surface area contributed by atoms with E-state index < -0.39 is 0 Å². The number of hydrogen-bond donors (Lipinski definition) is 2. The molecule has 3 rings (SSSR count). The largest absolute Gasteiger partial charge is 0.367 e. The smallest absolute Gasteiger partial charge is 0.200 e. The van der Waals surface area contributed by atoms with Gasteiger partial charge in [-0.25, -0.2) is 0 Å². The van der Waals surface area contributed by atoms with E-state index >= 15 is 0 Å².